The molecule has 2 aliphatic rings. The zero-order valence-electron chi connectivity index (χ0n) is 15.5. The number of nitrogens with zero attached hydrogens (tertiary/aromatic N) is 2. The smallest absolute Gasteiger partial charge is 0.262 e. The van der Waals surface area contributed by atoms with E-state index in [9.17, 15) is 19.2 Å². The molecule has 0 spiro atoms. The maximum absolute atomic E-state index is 12.6. The Labute approximate surface area is 159 Å². The number of imide groups is 1. The Bertz CT molecular complexity index is 1130. The summed E-state index contributed by atoms with van der Waals surface area (Å²) in [6.07, 6.45) is 0. The molecule has 3 N–H and O–H groups in total. The van der Waals surface area contributed by atoms with Crippen LogP contribution in [0.1, 0.15) is 34.6 Å². The van der Waals surface area contributed by atoms with Gasteiger partial charge in [0.2, 0.25) is 5.91 Å². The molecule has 9 heteroatoms. The summed E-state index contributed by atoms with van der Waals surface area (Å²) in [5.41, 5.74) is 5.64. The van der Waals surface area contributed by atoms with Gasteiger partial charge in [-0.15, -0.1) is 0 Å². The summed E-state index contributed by atoms with van der Waals surface area (Å²) in [6, 6.07) is 5.91. The Kier molecular flexibility index (Phi) is 3.61. The van der Waals surface area contributed by atoms with E-state index in [4.69, 9.17) is 10.5 Å². The Morgan fingerprint density at radius 1 is 1.11 bits per heavy atom. The van der Waals surface area contributed by atoms with Crippen LogP contribution in [0.25, 0.3) is 5.69 Å². The highest BCUT2D eigenvalue weighted by molar-refractivity contribution is 6.23. The Morgan fingerprint density at radius 2 is 1.82 bits per heavy atom. The van der Waals surface area contributed by atoms with Gasteiger partial charge in [0.25, 0.3) is 17.4 Å². The van der Waals surface area contributed by atoms with E-state index in [0.29, 0.717) is 17.1 Å². The number of carbonyl (C=O) groups excluding carboxylic acids is 3. The van der Waals surface area contributed by atoms with Crippen LogP contribution in [0.2, 0.25) is 0 Å². The van der Waals surface area contributed by atoms with Gasteiger partial charge in [-0.25, -0.2) is 0 Å². The molecule has 144 valence electrons. The van der Waals surface area contributed by atoms with Crippen molar-refractivity contribution < 1.29 is 19.1 Å². The molecule has 0 bridgehead atoms. The third-order valence-electron chi connectivity index (χ3n) is 4.99. The van der Waals surface area contributed by atoms with Crippen LogP contribution in [0.5, 0.6) is 5.75 Å². The first kappa shape index (κ1) is 17.8. The SMILES string of the molecule is CN1C(=O)C(C)(C)COc2cc(-n3c(N)c4c(cc3=O)C(=O)NC4=O)ccc21. The summed E-state index contributed by atoms with van der Waals surface area (Å²) in [7, 11) is 1.66. The molecule has 9 nitrogen and oxygen atoms in total. The van der Waals surface area contributed by atoms with Crippen molar-refractivity contribution in [2.45, 2.75) is 13.8 Å². The van der Waals surface area contributed by atoms with Crippen molar-refractivity contribution in [1.82, 2.24) is 9.88 Å². The first-order chi connectivity index (χ1) is 13.1. The highest BCUT2D eigenvalue weighted by Crippen LogP contribution is 2.37. The van der Waals surface area contributed by atoms with Gasteiger partial charge in [0.15, 0.2) is 0 Å². The number of hydrogen-bond donors (Lipinski definition) is 2. The largest absolute Gasteiger partial charge is 0.490 e. The average Bonchev–Trinajstić information content (AvgIpc) is 2.88. The lowest BCUT2D eigenvalue weighted by molar-refractivity contribution is -0.127. The molecule has 1 aromatic carbocycles. The number of hydrogen-bond acceptors (Lipinski definition) is 6. The van der Waals surface area contributed by atoms with Gasteiger partial charge in [-0.05, 0) is 26.0 Å². The topological polar surface area (TPSA) is 124 Å². The number of benzene rings is 1. The maximum atomic E-state index is 12.6. The lowest BCUT2D eigenvalue weighted by atomic mass is 9.93. The molecule has 3 heterocycles. The first-order valence-corrected chi connectivity index (χ1v) is 8.58. The zero-order valence-corrected chi connectivity index (χ0v) is 15.5. The molecular formula is C19H18N4O5. The second kappa shape index (κ2) is 5.69. The van der Waals surface area contributed by atoms with Crippen molar-refractivity contribution in [1.29, 1.82) is 0 Å². The Balaban J connectivity index is 1.88. The molecular weight excluding hydrogens is 364 g/mol. The molecule has 2 aliphatic heterocycles. The summed E-state index contributed by atoms with van der Waals surface area (Å²) in [5, 5.41) is 2.13. The molecule has 0 fully saturated rings. The summed E-state index contributed by atoms with van der Waals surface area (Å²) in [5.74, 6) is -1.12. The second-order valence-electron chi connectivity index (χ2n) is 7.46. The van der Waals surface area contributed by atoms with Crippen LogP contribution in [-0.2, 0) is 4.79 Å². The lowest BCUT2D eigenvalue weighted by Crippen LogP contribution is -2.39. The van der Waals surface area contributed by atoms with E-state index >= 15 is 0 Å². The van der Waals surface area contributed by atoms with Crippen LogP contribution in [0.4, 0.5) is 11.5 Å². The van der Waals surface area contributed by atoms with E-state index in [2.05, 4.69) is 5.32 Å². The Hall–Kier alpha value is -3.62. The van der Waals surface area contributed by atoms with Gasteiger partial charge in [-0.2, -0.15) is 0 Å². The van der Waals surface area contributed by atoms with Crippen molar-refractivity contribution >= 4 is 29.2 Å². The van der Waals surface area contributed by atoms with E-state index in [1.165, 1.54) is 4.90 Å². The minimum atomic E-state index is -0.712. The predicted molar refractivity (Wildman–Crippen MR) is 101 cm³/mol. The molecule has 28 heavy (non-hydrogen) atoms. The van der Waals surface area contributed by atoms with Gasteiger partial charge in [-0.1, -0.05) is 0 Å². The van der Waals surface area contributed by atoms with Crippen molar-refractivity contribution in [3.05, 3.63) is 45.7 Å². The quantitative estimate of drug-likeness (QED) is 0.699. The van der Waals surface area contributed by atoms with Crippen LogP contribution in [0, 0.1) is 5.41 Å². The van der Waals surface area contributed by atoms with Gasteiger partial charge in [-0.3, -0.25) is 29.1 Å². The number of fused-ring (bicyclic) bond motifs is 2. The fraction of sp³-hybridized carbons (Fsp3) is 0.263. The first-order valence-electron chi connectivity index (χ1n) is 8.58. The van der Waals surface area contributed by atoms with Gasteiger partial charge < -0.3 is 15.4 Å². The van der Waals surface area contributed by atoms with Crippen LogP contribution >= 0.6 is 0 Å². The van der Waals surface area contributed by atoms with Gasteiger partial charge in [0.05, 0.1) is 27.9 Å². The number of ether oxygens (including phenoxy) is 1. The number of nitrogen functional groups attached to an aromatic ring is 1. The number of rotatable bonds is 1. The third kappa shape index (κ3) is 2.39. The fourth-order valence-electron chi connectivity index (χ4n) is 3.46. The number of carbonyl (C=O) groups is 3. The minimum Gasteiger partial charge on any atom is -0.490 e. The number of nitrogens with two attached hydrogens (primary N) is 1. The van der Waals surface area contributed by atoms with E-state index in [1.807, 2.05) is 0 Å². The molecule has 0 aliphatic carbocycles. The van der Waals surface area contributed by atoms with Crippen molar-refractivity contribution in [3.8, 4) is 11.4 Å². The third-order valence-corrected chi connectivity index (χ3v) is 4.99. The lowest BCUT2D eigenvalue weighted by Gasteiger charge is -2.24. The van der Waals surface area contributed by atoms with E-state index < -0.39 is 22.8 Å². The molecule has 3 amide bonds. The fourth-order valence-corrected chi connectivity index (χ4v) is 3.46. The molecule has 0 unspecified atom stereocenters. The second-order valence-corrected chi connectivity index (χ2v) is 7.46. The van der Waals surface area contributed by atoms with Crippen LogP contribution in [0.15, 0.2) is 29.1 Å². The van der Waals surface area contributed by atoms with Crippen molar-refractivity contribution in [2.24, 2.45) is 5.41 Å². The van der Waals surface area contributed by atoms with Crippen LogP contribution in [0.3, 0.4) is 0 Å². The summed E-state index contributed by atoms with van der Waals surface area (Å²) in [6.45, 7) is 3.74. The summed E-state index contributed by atoms with van der Waals surface area (Å²) < 4.78 is 6.96. The van der Waals surface area contributed by atoms with Gasteiger partial charge >= 0.3 is 0 Å². The van der Waals surface area contributed by atoms with E-state index in [1.54, 1.807) is 39.1 Å². The monoisotopic (exact) mass is 382 g/mol. The van der Waals surface area contributed by atoms with Crippen molar-refractivity contribution in [2.75, 3.05) is 24.3 Å². The molecule has 0 radical (unpaired) electrons. The molecule has 1 aromatic heterocycles. The molecule has 0 atom stereocenters. The zero-order chi connectivity index (χ0) is 20.4. The van der Waals surface area contributed by atoms with Gasteiger partial charge in [0, 0.05) is 19.2 Å². The van der Waals surface area contributed by atoms with Crippen LogP contribution < -0.4 is 26.2 Å². The molecule has 0 saturated heterocycles. The molecule has 4 rings (SSSR count). The van der Waals surface area contributed by atoms with Crippen molar-refractivity contribution in [3.63, 3.8) is 0 Å². The molecule has 2 aromatic rings. The highest BCUT2D eigenvalue weighted by atomic mass is 16.5. The van der Waals surface area contributed by atoms with E-state index in [0.717, 1.165) is 10.6 Å². The van der Waals surface area contributed by atoms with Gasteiger partial charge in [0.1, 0.15) is 18.2 Å². The Morgan fingerprint density at radius 3 is 2.54 bits per heavy atom. The number of nitrogens with one attached hydrogen (secondary N) is 1. The maximum Gasteiger partial charge on any atom is 0.262 e. The minimum absolute atomic E-state index is 0.0334. The number of aromatic nitrogens is 1. The summed E-state index contributed by atoms with van der Waals surface area (Å²) >= 11 is 0. The number of anilines is 2. The van der Waals surface area contributed by atoms with Crippen LogP contribution in [-0.4, -0.2) is 35.9 Å². The van der Waals surface area contributed by atoms with E-state index in [-0.39, 0.29) is 29.5 Å². The predicted octanol–water partition coefficient (Wildman–Crippen LogP) is 0.685. The summed E-state index contributed by atoms with van der Waals surface area (Å²) in [4.78, 5) is 50.5. The molecule has 0 saturated carbocycles. The average molecular weight is 382 g/mol. The number of amides is 3. The standard InChI is InChI=1S/C19H18N4O5/c1-19(2)8-28-12-6-9(4-5-11(12)22(3)18(19)27)23-13(24)7-10-14(15(23)20)17(26)21-16(10)25/h4-7H,8,20H2,1-3H3,(H,21,25,26). The number of pyridine rings is 1. The highest BCUT2D eigenvalue weighted by Gasteiger charge is 2.36. The normalized spacial score (nSPS) is 17.5.